The van der Waals surface area contributed by atoms with Crippen LogP contribution in [-0.2, 0) is 0 Å². The van der Waals surface area contributed by atoms with Gasteiger partial charge in [-0.05, 0) is 37.3 Å². The number of anilines is 1. The van der Waals surface area contributed by atoms with Gasteiger partial charge in [-0.1, -0.05) is 15.9 Å². The van der Waals surface area contributed by atoms with Crippen LogP contribution in [0, 0.1) is 6.92 Å². The molecule has 0 aliphatic heterocycles. The van der Waals surface area contributed by atoms with Gasteiger partial charge >= 0.3 is 0 Å². The summed E-state index contributed by atoms with van der Waals surface area (Å²) in [6, 6.07) is 9.09. The van der Waals surface area contributed by atoms with Crippen molar-refractivity contribution in [2.24, 2.45) is 0 Å². The fraction of sp³-hybridized carbons (Fsp3) is 0.0833. The van der Waals surface area contributed by atoms with Gasteiger partial charge in [0, 0.05) is 20.6 Å². The predicted octanol–water partition coefficient (Wildman–Crippen LogP) is 3.63. The number of hydrogen-bond donors (Lipinski definition) is 1. The van der Waals surface area contributed by atoms with Crippen molar-refractivity contribution in [2.45, 2.75) is 6.92 Å². The van der Waals surface area contributed by atoms with Crippen LogP contribution < -0.4 is 5.73 Å². The number of nitrogen functional groups attached to an aromatic ring is 1. The van der Waals surface area contributed by atoms with E-state index in [0.717, 1.165) is 14.2 Å². The SMILES string of the molecule is Cc1ccc(C(=O)c2ccc(Br)cc2N)s1. The Hall–Kier alpha value is -1.13. The number of aryl methyl sites for hydroxylation is 1. The number of rotatable bonds is 2. The van der Waals surface area contributed by atoms with E-state index in [9.17, 15) is 4.79 Å². The Bertz CT molecular complexity index is 548. The zero-order valence-electron chi connectivity index (χ0n) is 8.66. The van der Waals surface area contributed by atoms with Gasteiger partial charge in [0.25, 0.3) is 0 Å². The van der Waals surface area contributed by atoms with Gasteiger partial charge in [-0.25, -0.2) is 0 Å². The lowest BCUT2D eigenvalue weighted by Crippen LogP contribution is -2.03. The molecule has 82 valence electrons. The average Bonchev–Trinajstić information content (AvgIpc) is 2.64. The van der Waals surface area contributed by atoms with Crippen molar-refractivity contribution in [3.05, 3.63) is 50.1 Å². The van der Waals surface area contributed by atoms with Crippen LogP contribution in [0.15, 0.2) is 34.8 Å². The molecular formula is C12H10BrNOS. The summed E-state index contributed by atoms with van der Waals surface area (Å²) < 4.78 is 0.879. The number of ketones is 1. The summed E-state index contributed by atoms with van der Waals surface area (Å²) in [6.45, 7) is 1.98. The highest BCUT2D eigenvalue weighted by atomic mass is 79.9. The Kier molecular flexibility index (Phi) is 3.12. The lowest BCUT2D eigenvalue weighted by molar-refractivity contribution is 0.104. The van der Waals surface area contributed by atoms with Crippen molar-refractivity contribution < 1.29 is 4.79 Å². The van der Waals surface area contributed by atoms with Gasteiger partial charge in [0.1, 0.15) is 0 Å². The van der Waals surface area contributed by atoms with E-state index in [0.29, 0.717) is 11.3 Å². The maximum Gasteiger partial charge on any atom is 0.205 e. The average molecular weight is 296 g/mol. The molecule has 2 N–H and O–H groups in total. The molecule has 0 aliphatic carbocycles. The standard InChI is InChI=1S/C12H10BrNOS/c1-7-2-5-11(16-7)12(15)9-4-3-8(13)6-10(9)14/h2-6H,14H2,1H3. The van der Waals surface area contributed by atoms with Crippen LogP contribution in [0.25, 0.3) is 0 Å². The fourth-order valence-corrected chi connectivity index (χ4v) is 2.63. The first-order chi connectivity index (χ1) is 7.58. The zero-order valence-corrected chi connectivity index (χ0v) is 11.1. The first-order valence-corrected chi connectivity index (χ1v) is 6.35. The maximum atomic E-state index is 12.1. The lowest BCUT2D eigenvalue weighted by Gasteiger charge is -2.03. The largest absolute Gasteiger partial charge is 0.398 e. The van der Waals surface area contributed by atoms with Crippen molar-refractivity contribution in [1.29, 1.82) is 0 Å². The molecule has 0 atom stereocenters. The number of thiophene rings is 1. The maximum absolute atomic E-state index is 12.1. The van der Waals surface area contributed by atoms with Crippen molar-refractivity contribution in [2.75, 3.05) is 5.73 Å². The van der Waals surface area contributed by atoms with E-state index in [1.807, 2.05) is 25.1 Å². The molecule has 0 spiro atoms. The van der Waals surface area contributed by atoms with Gasteiger partial charge in [-0.3, -0.25) is 4.79 Å². The quantitative estimate of drug-likeness (QED) is 0.679. The van der Waals surface area contributed by atoms with Crippen LogP contribution in [0.1, 0.15) is 20.1 Å². The van der Waals surface area contributed by atoms with Crippen molar-refractivity contribution in [3.63, 3.8) is 0 Å². The van der Waals surface area contributed by atoms with Gasteiger partial charge < -0.3 is 5.73 Å². The van der Waals surface area contributed by atoms with Gasteiger partial charge in [0.05, 0.1) is 4.88 Å². The smallest absolute Gasteiger partial charge is 0.205 e. The molecule has 0 radical (unpaired) electrons. The molecule has 0 saturated heterocycles. The highest BCUT2D eigenvalue weighted by Gasteiger charge is 2.13. The van der Waals surface area contributed by atoms with E-state index in [2.05, 4.69) is 15.9 Å². The van der Waals surface area contributed by atoms with Crippen molar-refractivity contribution in [1.82, 2.24) is 0 Å². The monoisotopic (exact) mass is 295 g/mol. The minimum absolute atomic E-state index is 0.0110. The minimum Gasteiger partial charge on any atom is -0.398 e. The zero-order chi connectivity index (χ0) is 11.7. The number of benzene rings is 1. The molecule has 16 heavy (non-hydrogen) atoms. The summed E-state index contributed by atoms with van der Waals surface area (Å²) in [5.41, 5.74) is 6.89. The Morgan fingerprint density at radius 1 is 1.31 bits per heavy atom. The van der Waals surface area contributed by atoms with E-state index in [1.54, 1.807) is 12.1 Å². The second-order valence-corrected chi connectivity index (χ2v) is 5.67. The van der Waals surface area contributed by atoms with Crippen LogP contribution >= 0.6 is 27.3 Å². The molecule has 1 aromatic heterocycles. The molecule has 0 fully saturated rings. The van der Waals surface area contributed by atoms with Gasteiger partial charge in [-0.2, -0.15) is 0 Å². The van der Waals surface area contributed by atoms with E-state index >= 15 is 0 Å². The summed E-state index contributed by atoms with van der Waals surface area (Å²) in [4.78, 5) is 14.0. The molecular weight excluding hydrogens is 286 g/mol. The summed E-state index contributed by atoms with van der Waals surface area (Å²) in [7, 11) is 0. The molecule has 0 unspecified atom stereocenters. The Morgan fingerprint density at radius 3 is 2.62 bits per heavy atom. The molecule has 1 heterocycles. The Labute approximate surface area is 106 Å². The van der Waals surface area contributed by atoms with Crippen LogP contribution in [0.3, 0.4) is 0 Å². The van der Waals surface area contributed by atoms with Crippen LogP contribution in [0.2, 0.25) is 0 Å². The number of halogens is 1. The highest BCUT2D eigenvalue weighted by molar-refractivity contribution is 9.10. The Morgan fingerprint density at radius 2 is 2.06 bits per heavy atom. The third kappa shape index (κ3) is 2.18. The molecule has 2 rings (SSSR count). The third-order valence-electron chi connectivity index (χ3n) is 2.22. The van der Waals surface area contributed by atoms with Gasteiger partial charge in [-0.15, -0.1) is 11.3 Å². The van der Waals surface area contributed by atoms with Crippen LogP contribution in [0.5, 0.6) is 0 Å². The van der Waals surface area contributed by atoms with E-state index in [1.165, 1.54) is 11.3 Å². The summed E-state index contributed by atoms with van der Waals surface area (Å²) in [5.74, 6) is -0.0110. The molecule has 0 bridgehead atoms. The van der Waals surface area contributed by atoms with E-state index in [4.69, 9.17) is 5.73 Å². The summed E-state index contributed by atoms with van der Waals surface area (Å²) in [5, 5.41) is 0. The second-order valence-electron chi connectivity index (χ2n) is 3.47. The van der Waals surface area contributed by atoms with Crippen molar-refractivity contribution >= 4 is 38.7 Å². The molecule has 1 aromatic carbocycles. The van der Waals surface area contributed by atoms with E-state index in [-0.39, 0.29) is 5.78 Å². The van der Waals surface area contributed by atoms with Gasteiger partial charge in [0.2, 0.25) is 5.78 Å². The number of carbonyl (C=O) groups excluding carboxylic acids is 1. The normalized spacial score (nSPS) is 10.4. The molecule has 0 amide bonds. The van der Waals surface area contributed by atoms with Crippen LogP contribution in [-0.4, -0.2) is 5.78 Å². The molecule has 0 aliphatic rings. The number of nitrogens with two attached hydrogens (primary N) is 1. The fourth-order valence-electron chi connectivity index (χ4n) is 1.43. The van der Waals surface area contributed by atoms with E-state index < -0.39 is 0 Å². The predicted molar refractivity (Wildman–Crippen MR) is 71.0 cm³/mol. The summed E-state index contributed by atoms with van der Waals surface area (Å²) >= 11 is 4.80. The number of carbonyl (C=O) groups is 1. The van der Waals surface area contributed by atoms with Crippen molar-refractivity contribution in [3.8, 4) is 0 Å². The molecule has 4 heteroatoms. The molecule has 0 saturated carbocycles. The molecule has 2 aromatic rings. The number of hydrogen-bond acceptors (Lipinski definition) is 3. The highest BCUT2D eigenvalue weighted by Crippen LogP contribution is 2.24. The first kappa shape index (κ1) is 11.4. The molecule has 2 nitrogen and oxygen atoms in total. The summed E-state index contributed by atoms with van der Waals surface area (Å²) in [6.07, 6.45) is 0. The van der Waals surface area contributed by atoms with Crippen LogP contribution in [0.4, 0.5) is 5.69 Å². The third-order valence-corrected chi connectivity index (χ3v) is 3.72. The second kappa shape index (κ2) is 4.39. The topological polar surface area (TPSA) is 43.1 Å². The Balaban J connectivity index is 2.41. The first-order valence-electron chi connectivity index (χ1n) is 4.74. The lowest BCUT2D eigenvalue weighted by atomic mass is 10.1. The minimum atomic E-state index is -0.0110. The van der Waals surface area contributed by atoms with Gasteiger partial charge in [0.15, 0.2) is 0 Å².